The molecular formula is C11H14BrNO. The topological polar surface area (TPSA) is 29.1 Å². The van der Waals surface area contributed by atoms with Gasteiger partial charge in [-0.05, 0) is 31.9 Å². The van der Waals surface area contributed by atoms with Gasteiger partial charge in [-0.1, -0.05) is 33.6 Å². The van der Waals surface area contributed by atoms with Crippen LogP contribution in [0.4, 0.5) is 5.69 Å². The van der Waals surface area contributed by atoms with Crippen LogP contribution in [0.15, 0.2) is 12.1 Å². The first-order valence-electron chi connectivity index (χ1n) is 4.48. The molecular weight excluding hydrogens is 242 g/mol. The number of benzene rings is 1. The molecule has 0 radical (unpaired) electrons. The fourth-order valence-corrected chi connectivity index (χ4v) is 1.69. The molecule has 0 saturated heterocycles. The molecule has 0 aliphatic heterocycles. The number of amides is 1. The molecule has 0 unspecified atom stereocenters. The number of halogens is 1. The molecule has 1 amide bonds. The molecule has 14 heavy (non-hydrogen) atoms. The van der Waals surface area contributed by atoms with E-state index in [0.717, 1.165) is 16.8 Å². The van der Waals surface area contributed by atoms with Gasteiger partial charge < -0.3 is 5.32 Å². The number of alkyl halides is 1. The van der Waals surface area contributed by atoms with Crippen molar-refractivity contribution in [2.24, 2.45) is 0 Å². The predicted molar refractivity (Wildman–Crippen MR) is 63.1 cm³/mol. The second kappa shape index (κ2) is 4.60. The minimum atomic E-state index is -0.0138. The largest absolute Gasteiger partial charge is 0.325 e. The fourth-order valence-electron chi connectivity index (χ4n) is 1.55. The van der Waals surface area contributed by atoms with Crippen molar-refractivity contribution in [3.05, 3.63) is 28.8 Å². The average Bonchev–Trinajstić information content (AvgIpc) is 2.10. The van der Waals surface area contributed by atoms with E-state index < -0.39 is 0 Å². The smallest absolute Gasteiger partial charge is 0.235 e. The molecule has 0 aromatic heterocycles. The van der Waals surface area contributed by atoms with E-state index in [9.17, 15) is 4.79 Å². The molecule has 0 atom stereocenters. The zero-order valence-corrected chi connectivity index (χ0v) is 10.2. The van der Waals surface area contributed by atoms with Crippen molar-refractivity contribution in [2.75, 3.05) is 10.6 Å². The minimum Gasteiger partial charge on any atom is -0.325 e. The Morgan fingerprint density at radius 2 is 1.79 bits per heavy atom. The van der Waals surface area contributed by atoms with Crippen LogP contribution in [0.3, 0.4) is 0 Å². The Morgan fingerprint density at radius 1 is 1.29 bits per heavy atom. The van der Waals surface area contributed by atoms with E-state index in [1.165, 1.54) is 5.56 Å². The summed E-state index contributed by atoms with van der Waals surface area (Å²) in [5.41, 5.74) is 4.37. The summed E-state index contributed by atoms with van der Waals surface area (Å²) in [4.78, 5) is 11.2. The van der Waals surface area contributed by atoms with Crippen LogP contribution < -0.4 is 5.32 Å². The fraction of sp³-hybridized carbons (Fsp3) is 0.364. The Morgan fingerprint density at radius 3 is 2.21 bits per heavy atom. The van der Waals surface area contributed by atoms with Crippen LogP contribution in [0.5, 0.6) is 0 Å². The van der Waals surface area contributed by atoms with Crippen LogP contribution in [0.2, 0.25) is 0 Å². The van der Waals surface area contributed by atoms with Crippen molar-refractivity contribution in [1.29, 1.82) is 0 Å². The summed E-state index contributed by atoms with van der Waals surface area (Å²) < 4.78 is 0. The van der Waals surface area contributed by atoms with Gasteiger partial charge in [0.1, 0.15) is 0 Å². The van der Waals surface area contributed by atoms with Gasteiger partial charge in [-0.2, -0.15) is 0 Å². The van der Waals surface area contributed by atoms with Gasteiger partial charge in [0.2, 0.25) is 5.91 Å². The molecule has 2 nitrogen and oxygen atoms in total. The van der Waals surface area contributed by atoms with Crippen molar-refractivity contribution in [1.82, 2.24) is 0 Å². The van der Waals surface area contributed by atoms with Gasteiger partial charge >= 0.3 is 0 Å². The lowest BCUT2D eigenvalue weighted by atomic mass is 10.1. The highest BCUT2D eigenvalue weighted by molar-refractivity contribution is 9.09. The van der Waals surface area contributed by atoms with Crippen molar-refractivity contribution >= 4 is 27.5 Å². The number of carbonyl (C=O) groups excluding carboxylic acids is 1. The molecule has 0 aliphatic rings. The Labute approximate surface area is 92.8 Å². The number of hydrogen-bond acceptors (Lipinski definition) is 1. The van der Waals surface area contributed by atoms with Gasteiger partial charge in [0.15, 0.2) is 0 Å². The summed E-state index contributed by atoms with van der Waals surface area (Å²) in [6.07, 6.45) is 0. The molecule has 0 bridgehead atoms. The van der Waals surface area contributed by atoms with Gasteiger partial charge in [0.05, 0.1) is 5.33 Å². The van der Waals surface area contributed by atoms with E-state index in [0.29, 0.717) is 5.33 Å². The Bertz CT molecular complexity index is 337. The summed E-state index contributed by atoms with van der Waals surface area (Å²) in [6, 6.07) is 4.13. The van der Waals surface area contributed by atoms with Crippen LogP contribution in [0.1, 0.15) is 16.7 Å². The minimum absolute atomic E-state index is 0.0138. The van der Waals surface area contributed by atoms with E-state index in [2.05, 4.69) is 40.3 Å². The molecule has 1 aromatic rings. The number of aryl methyl sites for hydroxylation is 3. The maximum absolute atomic E-state index is 11.2. The summed E-state index contributed by atoms with van der Waals surface area (Å²) >= 11 is 3.12. The van der Waals surface area contributed by atoms with E-state index in [-0.39, 0.29) is 5.91 Å². The predicted octanol–water partition coefficient (Wildman–Crippen LogP) is 2.95. The number of anilines is 1. The highest BCUT2D eigenvalue weighted by Crippen LogP contribution is 2.21. The second-order valence-electron chi connectivity index (χ2n) is 3.46. The zero-order chi connectivity index (χ0) is 10.7. The lowest BCUT2D eigenvalue weighted by molar-refractivity contribution is -0.113. The zero-order valence-electron chi connectivity index (χ0n) is 8.65. The second-order valence-corrected chi connectivity index (χ2v) is 4.02. The SMILES string of the molecule is Cc1cc(C)c(NC(=O)CBr)c(C)c1. The number of nitrogens with one attached hydrogen (secondary N) is 1. The summed E-state index contributed by atoms with van der Waals surface area (Å²) in [7, 11) is 0. The first-order chi connectivity index (χ1) is 6.54. The Kier molecular flexibility index (Phi) is 3.69. The standard InChI is InChI=1S/C11H14BrNO/c1-7-4-8(2)11(9(3)5-7)13-10(14)6-12/h4-5H,6H2,1-3H3,(H,13,14). The van der Waals surface area contributed by atoms with E-state index in [4.69, 9.17) is 0 Å². The summed E-state index contributed by atoms with van der Waals surface area (Å²) in [5.74, 6) is -0.0138. The number of rotatable bonds is 2. The van der Waals surface area contributed by atoms with Crippen LogP contribution in [0.25, 0.3) is 0 Å². The maximum Gasteiger partial charge on any atom is 0.235 e. The third-order valence-electron chi connectivity index (χ3n) is 2.06. The third-order valence-corrected chi connectivity index (χ3v) is 2.57. The lowest BCUT2D eigenvalue weighted by Crippen LogP contribution is -2.14. The molecule has 0 saturated carbocycles. The van der Waals surface area contributed by atoms with Gasteiger partial charge in [0, 0.05) is 5.69 Å². The molecule has 0 fully saturated rings. The van der Waals surface area contributed by atoms with E-state index in [1.807, 2.05) is 13.8 Å². The molecule has 3 heteroatoms. The maximum atomic E-state index is 11.2. The van der Waals surface area contributed by atoms with Crippen LogP contribution in [-0.4, -0.2) is 11.2 Å². The van der Waals surface area contributed by atoms with Gasteiger partial charge in [-0.25, -0.2) is 0 Å². The average molecular weight is 256 g/mol. The van der Waals surface area contributed by atoms with Crippen molar-refractivity contribution in [2.45, 2.75) is 20.8 Å². The molecule has 0 spiro atoms. The first-order valence-corrected chi connectivity index (χ1v) is 5.60. The molecule has 0 heterocycles. The molecule has 1 rings (SSSR count). The number of hydrogen-bond donors (Lipinski definition) is 1. The van der Waals surface area contributed by atoms with Crippen molar-refractivity contribution in [3.63, 3.8) is 0 Å². The highest BCUT2D eigenvalue weighted by atomic mass is 79.9. The van der Waals surface area contributed by atoms with E-state index >= 15 is 0 Å². The summed E-state index contributed by atoms with van der Waals surface area (Å²) in [6.45, 7) is 6.06. The number of carbonyl (C=O) groups is 1. The van der Waals surface area contributed by atoms with Crippen molar-refractivity contribution in [3.8, 4) is 0 Å². The first kappa shape index (κ1) is 11.2. The third kappa shape index (κ3) is 2.58. The molecule has 0 aliphatic carbocycles. The molecule has 76 valence electrons. The Hall–Kier alpha value is -0.830. The van der Waals surface area contributed by atoms with Crippen molar-refractivity contribution < 1.29 is 4.79 Å². The summed E-state index contributed by atoms with van der Waals surface area (Å²) in [5, 5.41) is 3.20. The van der Waals surface area contributed by atoms with Gasteiger partial charge in [-0.3, -0.25) is 4.79 Å². The van der Waals surface area contributed by atoms with Crippen LogP contribution in [0, 0.1) is 20.8 Å². The van der Waals surface area contributed by atoms with E-state index in [1.54, 1.807) is 0 Å². The van der Waals surface area contributed by atoms with Gasteiger partial charge in [-0.15, -0.1) is 0 Å². The highest BCUT2D eigenvalue weighted by Gasteiger charge is 2.06. The van der Waals surface area contributed by atoms with Crippen LogP contribution in [-0.2, 0) is 4.79 Å². The lowest BCUT2D eigenvalue weighted by Gasteiger charge is -2.11. The Balaban J connectivity index is 3.02. The molecule has 1 aromatic carbocycles. The van der Waals surface area contributed by atoms with Gasteiger partial charge in [0.25, 0.3) is 0 Å². The molecule has 1 N–H and O–H groups in total. The van der Waals surface area contributed by atoms with Crippen LogP contribution >= 0.6 is 15.9 Å². The quantitative estimate of drug-likeness (QED) is 0.810. The normalized spacial score (nSPS) is 10.0. The monoisotopic (exact) mass is 255 g/mol.